The zero-order valence-corrected chi connectivity index (χ0v) is 18.9. The molecule has 9 heteroatoms. The Morgan fingerprint density at radius 3 is 2.32 bits per heavy atom. The van der Waals surface area contributed by atoms with Gasteiger partial charge in [0.25, 0.3) is 11.8 Å². The van der Waals surface area contributed by atoms with E-state index in [1.165, 1.54) is 13.3 Å². The summed E-state index contributed by atoms with van der Waals surface area (Å²) in [5, 5.41) is 2.57. The van der Waals surface area contributed by atoms with E-state index < -0.39 is 17.9 Å². The fraction of sp³-hybridized carbons (Fsp3) is 0.280. The first-order valence-electron chi connectivity index (χ1n) is 11.2. The van der Waals surface area contributed by atoms with Gasteiger partial charge in [0, 0.05) is 31.9 Å². The average molecular weight is 462 g/mol. The molecule has 1 aromatic heterocycles. The van der Waals surface area contributed by atoms with Crippen molar-refractivity contribution in [3.63, 3.8) is 0 Å². The molecule has 1 saturated heterocycles. The monoisotopic (exact) mass is 461 g/mol. The Morgan fingerprint density at radius 1 is 1.00 bits per heavy atom. The van der Waals surface area contributed by atoms with E-state index in [9.17, 15) is 14.4 Å². The lowest BCUT2D eigenvalue weighted by Gasteiger charge is -2.36. The number of piperazine rings is 1. The molecule has 2 amide bonds. The molecular weight excluding hydrogens is 434 g/mol. The first-order valence-corrected chi connectivity index (χ1v) is 11.2. The second-order valence-electron chi connectivity index (χ2n) is 8.03. The number of benzene rings is 2. The maximum absolute atomic E-state index is 13.1. The number of aromatic amines is 1. The van der Waals surface area contributed by atoms with Crippen LogP contribution in [0.3, 0.4) is 0 Å². The number of rotatable bonds is 7. The third-order valence-corrected chi connectivity index (χ3v) is 5.68. The van der Waals surface area contributed by atoms with Crippen LogP contribution in [-0.2, 0) is 16.1 Å². The van der Waals surface area contributed by atoms with E-state index in [2.05, 4.69) is 20.2 Å². The largest absolute Gasteiger partial charge is 0.459 e. The molecule has 0 spiro atoms. The van der Waals surface area contributed by atoms with Crippen LogP contribution in [0.25, 0.3) is 0 Å². The number of esters is 1. The highest BCUT2D eigenvalue weighted by Gasteiger charge is 2.29. The number of carbonyl (C=O) groups excluding carboxylic acids is 3. The van der Waals surface area contributed by atoms with E-state index in [1.807, 2.05) is 60.7 Å². The lowest BCUT2D eigenvalue weighted by Crippen LogP contribution is -2.49. The fourth-order valence-electron chi connectivity index (χ4n) is 3.77. The van der Waals surface area contributed by atoms with Crippen molar-refractivity contribution in [2.75, 3.05) is 31.1 Å². The minimum absolute atomic E-state index is 0.0433. The van der Waals surface area contributed by atoms with Crippen LogP contribution in [0.5, 0.6) is 0 Å². The highest BCUT2D eigenvalue weighted by molar-refractivity contribution is 6.05. The Hall–Kier alpha value is -4.14. The van der Waals surface area contributed by atoms with Gasteiger partial charge in [-0.1, -0.05) is 48.5 Å². The summed E-state index contributed by atoms with van der Waals surface area (Å²) in [5.41, 5.74) is 2.03. The SMILES string of the molecule is C[C@H](NC(=O)c1nc[nH]c1C(=O)N1CCN(c2ccccc2)CC1)C(=O)OCc1ccccc1. The Labute approximate surface area is 197 Å². The second kappa shape index (κ2) is 10.7. The van der Waals surface area contributed by atoms with Crippen molar-refractivity contribution in [2.24, 2.45) is 0 Å². The summed E-state index contributed by atoms with van der Waals surface area (Å²) in [4.78, 5) is 48.8. The highest BCUT2D eigenvalue weighted by Crippen LogP contribution is 2.17. The number of H-pyrrole nitrogens is 1. The summed E-state index contributed by atoms with van der Waals surface area (Å²) in [6.07, 6.45) is 1.31. The number of nitrogens with zero attached hydrogens (tertiary/aromatic N) is 3. The molecular formula is C25H27N5O4. The summed E-state index contributed by atoms with van der Waals surface area (Å²) >= 11 is 0. The van der Waals surface area contributed by atoms with Gasteiger partial charge in [-0.25, -0.2) is 9.78 Å². The molecule has 0 saturated carbocycles. The molecule has 176 valence electrons. The smallest absolute Gasteiger partial charge is 0.328 e. The van der Waals surface area contributed by atoms with Crippen LogP contribution in [0, 0.1) is 0 Å². The lowest BCUT2D eigenvalue weighted by atomic mass is 10.2. The molecule has 1 atom stereocenters. The molecule has 0 aliphatic carbocycles. The summed E-state index contributed by atoms with van der Waals surface area (Å²) in [5.74, 6) is -1.48. The second-order valence-corrected chi connectivity index (χ2v) is 8.03. The predicted molar refractivity (Wildman–Crippen MR) is 126 cm³/mol. The van der Waals surface area contributed by atoms with Crippen molar-refractivity contribution in [1.29, 1.82) is 0 Å². The molecule has 4 rings (SSSR count). The number of anilines is 1. The molecule has 3 aromatic rings. The number of para-hydroxylation sites is 1. The Morgan fingerprint density at radius 2 is 1.65 bits per heavy atom. The molecule has 2 heterocycles. The molecule has 1 fully saturated rings. The minimum atomic E-state index is -0.898. The van der Waals surface area contributed by atoms with Crippen LogP contribution in [0.4, 0.5) is 5.69 Å². The Bertz CT molecular complexity index is 1120. The average Bonchev–Trinajstić information content (AvgIpc) is 3.38. The van der Waals surface area contributed by atoms with Gasteiger partial charge in [0.15, 0.2) is 5.69 Å². The van der Waals surface area contributed by atoms with Crippen LogP contribution >= 0.6 is 0 Å². The van der Waals surface area contributed by atoms with E-state index in [0.717, 1.165) is 11.3 Å². The fourth-order valence-corrected chi connectivity index (χ4v) is 3.77. The Kier molecular flexibility index (Phi) is 7.22. The molecule has 9 nitrogen and oxygen atoms in total. The zero-order chi connectivity index (χ0) is 23.9. The molecule has 0 unspecified atom stereocenters. The summed E-state index contributed by atoms with van der Waals surface area (Å²) in [6, 6.07) is 18.4. The number of imidazole rings is 1. The summed E-state index contributed by atoms with van der Waals surface area (Å²) < 4.78 is 5.27. The van der Waals surface area contributed by atoms with Gasteiger partial charge in [-0.15, -0.1) is 0 Å². The maximum Gasteiger partial charge on any atom is 0.328 e. The van der Waals surface area contributed by atoms with Gasteiger partial charge in [-0.05, 0) is 24.6 Å². The van der Waals surface area contributed by atoms with Crippen LogP contribution in [-0.4, -0.2) is 64.9 Å². The number of hydrogen-bond donors (Lipinski definition) is 2. The molecule has 0 bridgehead atoms. The lowest BCUT2D eigenvalue weighted by molar-refractivity contribution is -0.146. The van der Waals surface area contributed by atoms with Crippen molar-refractivity contribution in [2.45, 2.75) is 19.6 Å². The van der Waals surface area contributed by atoms with Crippen molar-refractivity contribution in [1.82, 2.24) is 20.2 Å². The normalized spacial score (nSPS) is 14.4. The number of carbonyl (C=O) groups is 3. The van der Waals surface area contributed by atoms with Gasteiger partial charge >= 0.3 is 5.97 Å². The van der Waals surface area contributed by atoms with Crippen molar-refractivity contribution < 1.29 is 19.1 Å². The molecule has 0 radical (unpaired) electrons. The first kappa shape index (κ1) is 23.0. The molecule has 34 heavy (non-hydrogen) atoms. The van der Waals surface area contributed by atoms with Crippen molar-refractivity contribution in [3.8, 4) is 0 Å². The first-order chi connectivity index (χ1) is 16.5. The van der Waals surface area contributed by atoms with Crippen LogP contribution < -0.4 is 10.2 Å². The minimum Gasteiger partial charge on any atom is -0.459 e. The highest BCUT2D eigenvalue weighted by atomic mass is 16.5. The van der Waals surface area contributed by atoms with E-state index in [4.69, 9.17) is 4.74 Å². The topological polar surface area (TPSA) is 108 Å². The molecule has 1 aliphatic rings. The van der Waals surface area contributed by atoms with Gasteiger partial charge in [0.05, 0.1) is 6.33 Å². The maximum atomic E-state index is 13.1. The zero-order valence-electron chi connectivity index (χ0n) is 18.9. The van der Waals surface area contributed by atoms with E-state index >= 15 is 0 Å². The molecule has 1 aliphatic heterocycles. The van der Waals surface area contributed by atoms with Crippen LogP contribution in [0.2, 0.25) is 0 Å². The number of amides is 2. The van der Waals surface area contributed by atoms with Gasteiger partial charge in [0.1, 0.15) is 18.3 Å². The van der Waals surface area contributed by atoms with Gasteiger partial charge < -0.3 is 24.8 Å². The van der Waals surface area contributed by atoms with E-state index in [-0.39, 0.29) is 23.9 Å². The molecule has 2 N–H and O–H groups in total. The number of ether oxygens (including phenoxy) is 1. The van der Waals surface area contributed by atoms with Crippen LogP contribution in [0.15, 0.2) is 67.0 Å². The number of nitrogens with one attached hydrogen (secondary N) is 2. The third-order valence-electron chi connectivity index (χ3n) is 5.68. The number of hydrogen-bond acceptors (Lipinski definition) is 6. The standard InChI is InChI=1S/C25H27N5O4/c1-18(25(33)34-16-19-8-4-2-5-9-19)28-23(31)21-22(27-17-26-21)24(32)30-14-12-29(13-15-30)20-10-6-3-7-11-20/h2-11,17-18H,12-16H2,1H3,(H,26,27)(H,28,31)/t18-/m0/s1. The van der Waals surface area contributed by atoms with E-state index in [0.29, 0.717) is 26.2 Å². The van der Waals surface area contributed by atoms with Gasteiger partial charge in [-0.2, -0.15) is 0 Å². The summed E-state index contributed by atoms with van der Waals surface area (Å²) in [6.45, 7) is 4.07. The number of aromatic nitrogens is 2. The summed E-state index contributed by atoms with van der Waals surface area (Å²) in [7, 11) is 0. The van der Waals surface area contributed by atoms with Crippen LogP contribution in [0.1, 0.15) is 33.5 Å². The van der Waals surface area contributed by atoms with E-state index in [1.54, 1.807) is 4.90 Å². The van der Waals surface area contributed by atoms with Gasteiger partial charge in [0.2, 0.25) is 0 Å². The van der Waals surface area contributed by atoms with Gasteiger partial charge in [-0.3, -0.25) is 9.59 Å². The van der Waals surface area contributed by atoms with Crippen molar-refractivity contribution in [3.05, 3.63) is 83.9 Å². The quantitative estimate of drug-likeness (QED) is 0.523. The molecule has 2 aromatic carbocycles. The Balaban J connectivity index is 1.32. The van der Waals surface area contributed by atoms with Crippen molar-refractivity contribution >= 4 is 23.5 Å². The third kappa shape index (κ3) is 5.43. The predicted octanol–water partition coefficient (Wildman–Crippen LogP) is 2.23.